The number of aromatic nitrogens is 1. The topological polar surface area (TPSA) is 33.2 Å². The summed E-state index contributed by atoms with van der Waals surface area (Å²) in [6, 6.07) is 4.27. The van der Waals surface area contributed by atoms with Gasteiger partial charge in [0.25, 0.3) is 0 Å². The summed E-state index contributed by atoms with van der Waals surface area (Å²) in [7, 11) is 0. The average molecular weight is 218 g/mol. The minimum Gasteiger partial charge on any atom is -0.334 e. The van der Waals surface area contributed by atoms with Gasteiger partial charge in [0.15, 0.2) is 0 Å². The summed E-state index contributed by atoms with van der Waals surface area (Å²) >= 11 is 0. The molecule has 0 aliphatic carbocycles. The summed E-state index contributed by atoms with van der Waals surface area (Å²) < 4.78 is 0. The molecular weight excluding hydrogens is 200 g/mol. The van der Waals surface area contributed by atoms with Gasteiger partial charge in [-0.05, 0) is 43.9 Å². The van der Waals surface area contributed by atoms with Crippen molar-refractivity contribution in [3.63, 3.8) is 0 Å². The van der Waals surface area contributed by atoms with Crippen molar-refractivity contribution in [2.75, 3.05) is 6.54 Å². The fourth-order valence-electron chi connectivity index (χ4n) is 2.36. The fourth-order valence-corrected chi connectivity index (χ4v) is 2.36. The minimum atomic E-state index is 0.160. The molecular formula is C13H18N2O. The van der Waals surface area contributed by atoms with Crippen molar-refractivity contribution >= 4 is 5.91 Å². The van der Waals surface area contributed by atoms with Gasteiger partial charge in [0, 0.05) is 19.7 Å². The number of piperidine rings is 1. The molecule has 0 aromatic carbocycles. The van der Waals surface area contributed by atoms with Gasteiger partial charge in [-0.15, -0.1) is 0 Å². The lowest BCUT2D eigenvalue weighted by atomic mass is 9.98. The van der Waals surface area contributed by atoms with Crippen LogP contribution in [0.1, 0.15) is 43.5 Å². The van der Waals surface area contributed by atoms with E-state index >= 15 is 0 Å². The maximum absolute atomic E-state index is 11.6. The molecule has 1 saturated heterocycles. The Hall–Kier alpha value is -1.38. The maximum atomic E-state index is 11.6. The van der Waals surface area contributed by atoms with E-state index in [0.29, 0.717) is 0 Å². The Labute approximate surface area is 96.5 Å². The highest BCUT2D eigenvalue weighted by molar-refractivity contribution is 5.73. The van der Waals surface area contributed by atoms with Crippen molar-refractivity contribution in [1.82, 2.24) is 9.88 Å². The van der Waals surface area contributed by atoms with E-state index < -0.39 is 0 Å². The molecule has 86 valence electrons. The number of rotatable bonds is 1. The van der Waals surface area contributed by atoms with Gasteiger partial charge in [0.2, 0.25) is 5.91 Å². The minimum absolute atomic E-state index is 0.160. The van der Waals surface area contributed by atoms with E-state index in [-0.39, 0.29) is 11.9 Å². The first kappa shape index (κ1) is 11.1. The number of carbonyl (C=O) groups is 1. The van der Waals surface area contributed by atoms with Crippen molar-refractivity contribution in [2.24, 2.45) is 0 Å². The van der Waals surface area contributed by atoms with Crippen LogP contribution in [0.25, 0.3) is 0 Å². The summed E-state index contributed by atoms with van der Waals surface area (Å²) in [5, 5.41) is 0. The fraction of sp³-hybridized carbons (Fsp3) is 0.538. The van der Waals surface area contributed by atoms with E-state index in [9.17, 15) is 4.79 Å². The first-order chi connectivity index (χ1) is 7.68. The predicted octanol–water partition coefficient (Wildman–Crippen LogP) is 2.46. The smallest absolute Gasteiger partial charge is 0.220 e. The second-order valence-corrected chi connectivity index (χ2v) is 4.48. The molecule has 3 heteroatoms. The molecule has 3 nitrogen and oxygen atoms in total. The standard InChI is InChI=1S/C13H18N2O/c1-10-6-7-14-12(9-10)13-5-3-4-8-15(13)11(2)16/h6-7,9,13H,3-5,8H2,1-2H3. The van der Waals surface area contributed by atoms with Gasteiger partial charge >= 0.3 is 0 Å². The predicted molar refractivity (Wildman–Crippen MR) is 63.0 cm³/mol. The Morgan fingerprint density at radius 1 is 1.50 bits per heavy atom. The van der Waals surface area contributed by atoms with Crippen LogP contribution in [0.5, 0.6) is 0 Å². The lowest BCUT2D eigenvalue weighted by Crippen LogP contribution is -2.37. The highest BCUT2D eigenvalue weighted by Gasteiger charge is 2.26. The molecule has 2 heterocycles. The molecule has 1 aliphatic heterocycles. The Kier molecular flexibility index (Phi) is 3.22. The van der Waals surface area contributed by atoms with Crippen LogP contribution in [-0.2, 0) is 4.79 Å². The van der Waals surface area contributed by atoms with Gasteiger partial charge in [-0.3, -0.25) is 9.78 Å². The summed E-state index contributed by atoms with van der Waals surface area (Å²) in [5.74, 6) is 0.160. The molecule has 1 aliphatic rings. The lowest BCUT2D eigenvalue weighted by molar-refractivity contribution is -0.132. The highest BCUT2D eigenvalue weighted by atomic mass is 16.2. The van der Waals surface area contributed by atoms with Crippen LogP contribution in [0.15, 0.2) is 18.3 Å². The van der Waals surface area contributed by atoms with Crippen LogP contribution >= 0.6 is 0 Å². The summed E-state index contributed by atoms with van der Waals surface area (Å²) in [4.78, 5) is 17.9. The van der Waals surface area contributed by atoms with E-state index in [1.165, 1.54) is 12.0 Å². The SMILES string of the molecule is CC(=O)N1CCCCC1c1cc(C)ccn1. The van der Waals surface area contributed by atoms with Gasteiger partial charge in [-0.2, -0.15) is 0 Å². The highest BCUT2D eigenvalue weighted by Crippen LogP contribution is 2.29. The third kappa shape index (κ3) is 2.23. The molecule has 0 bridgehead atoms. The van der Waals surface area contributed by atoms with Crippen molar-refractivity contribution in [2.45, 2.75) is 39.2 Å². The monoisotopic (exact) mass is 218 g/mol. The quantitative estimate of drug-likeness (QED) is 0.725. The number of carbonyl (C=O) groups excluding carboxylic acids is 1. The third-order valence-electron chi connectivity index (χ3n) is 3.19. The van der Waals surface area contributed by atoms with Gasteiger partial charge < -0.3 is 4.90 Å². The third-order valence-corrected chi connectivity index (χ3v) is 3.19. The van der Waals surface area contributed by atoms with Gasteiger partial charge in [0.05, 0.1) is 11.7 Å². The zero-order valence-electron chi connectivity index (χ0n) is 9.94. The summed E-state index contributed by atoms with van der Waals surface area (Å²) in [6.07, 6.45) is 5.17. The van der Waals surface area contributed by atoms with Crippen molar-refractivity contribution in [3.05, 3.63) is 29.6 Å². The van der Waals surface area contributed by atoms with E-state index in [0.717, 1.165) is 25.1 Å². The molecule has 16 heavy (non-hydrogen) atoms. The number of amides is 1. The number of hydrogen-bond donors (Lipinski definition) is 0. The zero-order chi connectivity index (χ0) is 11.5. The maximum Gasteiger partial charge on any atom is 0.220 e. The number of aryl methyl sites for hydroxylation is 1. The first-order valence-corrected chi connectivity index (χ1v) is 5.88. The Morgan fingerprint density at radius 2 is 2.31 bits per heavy atom. The number of nitrogens with zero attached hydrogens (tertiary/aromatic N) is 2. The average Bonchev–Trinajstić information content (AvgIpc) is 2.29. The largest absolute Gasteiger partial charge is 0.334 e. The molecule has 1 unspecified atom stereocenters. The summed E-state index contributed by atoms with van der Waals surface area (Å²) in [6.45, 7) is 4.58. The Morgan fingerprint density at radius 3 is 3.00 bits per heavy atom. The molecule has 1 fully saturated rings. The number of pyridine rings is 1. The molecule has 0 radical (unpaired) electrons. The van der Waals surface area contributed by atoms with Crippen LogP contribution in [0, 0.1) is 6.92 Å². The second kappa shape index (κ2) is 4.64. The second-order valence-electron chi connectivity index (χ2n) is 4.48. The molecule has 1 amide bonds. The summed E-state index contributed by atoms with van der Waals surface area (Å²) in [5.41, 5.74) is 2.24. The molecule has 1 aromatic rings. The molecule has 1 atom stereocenters. The first-order valence-electron chi connectivity index (χ1n) is 5.88. The van der Waals surface area contributed by atoms with Crippen LogP contribution < -0.4 is 0 Å². The number of hydrogen-bond acceptors (Lipinski definition) is 2. The molecule has 2 rings (SSSR count). The van der Waals surface area contributed by atoms with E-state index in [1.54, 1.807) is 6.92 Å². The Balaban J connectivity index is 2.26. The van der Waals surface area contributed by atoms with Crippen LogP contribution in [-0.4, -0.2) is 22.3 Å². The van der Waals surface area contributed by atoms with Crippen LogP contribution in [0.4, 0.5) is 0 Å². The van der Waals surface area contributed by atoms with Crippen LogP contribution in [0.2, 0.25) is 0 Å². The molecule has 0 N–H and O–H groups in total. The molecule has 1 aromatic heterocycles. The van der Waals surface area contributed by atoms with Crippen molar-refractivity contribution in [1.29, 1.82) is 0 Å². The van der Waals surface area contributed by atoms with Gasteiger partial charge in [0.1, 0.15) is 0 Å². The van der Waals surface area contributed by atoms with Crippen molar-refractivity contribution < 1.29 is 4.79 Å². The van der Waals surface area contributed by atoms with E-state index in [4.69, 9.17) is 0 Å². The number of likely N-dealkylation sites (tertiary alicyclic amines) is 1. The zero-order valence-corrected chi connectivity index (χ0v) is 9.94. The van der Waals surface area contributed by atoms with Gasteiger partial charge in [-0.25, -0.2) is 0 Å². The lowest BCUT2D eigenvalue weighted by Gasteiger charge is -2.34. The van der Waals surface area contributed by atoms with E-state index in [2.05, 4.69) is 18.0 Å². The Bertz CT molecular complexity index is 389. The normalized spacial score (nSPS) is 20.9. The van der Waals surface area contributed by atoms with Crippen LogP contribution in [0.3, 0.4) is 0 Å². The molecule has 0 spiro atoms. The van der Waals surface area contributed by atoms with Crippen molar-refractivity contribution in [3.8, 4) is 0 Å². The van der Waals surface area contributed by atoms with E-state index in [1.807, 2.05) is 17.2 Å². The van der Waals surface area contributed by atoms with Gasteiger partial charge in [-0.1, -0.05) is 0 Å². The molecule has 0 saturated carbocycles.